The standard InChI is InChI=1S/C29H38O11/c1-15-9-21-28(11-17(15)31)13-36-25(34)24-26(3,40-24)19(32)12-35-18(16(2)30)7-5-6-8-23(33)39-20-10-22(38-21)29(14-37-29)27(20,28)4/h5-9,16-22,24,30-32H,10-14H2,1-4H3/b7-5-,8-6-/t16-,17-,18-,19+,20-,21-,22-,24-,26-,27-,28-,29-/m1/s1. The van der Waals surface area contributed by atoms with Crippen molar-refractivity contribution in [2.24, 2.45) is 10.8 Å². The third kappa shape index (κ3) is 3.97. The molecule has 2 spiro atoms. The Hall–Kier alpha value is -2.12. The summed E-state index contributed by atoms with van der Waals surface area (Å²) in [5, 5.41) is 31.9. The number of cyclic esters (lactones) is 1. The Bertz CT molecular complexity index is 1160. The Morgan fingerprint density at radius 1 is 1.10 bits per heavy atom. The number of carbonyl (C=O) groups is 2. The van der Waals surface area contributed by atoms with E-state index in [2.05, 4.69) is 0 Å². The number of aliphatic hydroxyl groups is 3. The minimum Gasteiger partial charge on any atom is -0.463 e. The summed E-state index contributed by atoms with van der Waals surface area (Å²) in [4.78, 5) is 26.3. The monoisotopic (exact) mass is 562 g/mol. The highest BCUT2D eigenvalue weighted by Crippen LogP contribution is 2.72. The van der Waals surface area contributed by atoms with Gasteiger partial charge in [-0.05, 0) is 32.8 Å². The zero-order chi connectivity index (χ0) is 28.7. The van der Waals surface area contributed by atoms with E-state index in [9.17, 15) is 24.9 Å². The number of aliphatic hydroxyl groups excluding tert-OH is 3. The van der Waals surface area contributed by atoms with E-state index in [4.69, 9.17) is 28.4 Å². The van der Waals surface area contributed by atoms with Crippen LogP contribution >= 0.6 is 0 Å². The molecule has 4 fully saturated rings. The van der Waals surface area contributed by atoms with Crippen molar-refractivity contribution >= 4 is 11.9 Å². The minimum absolute atomic E-state index is 0.134. The van der Waals surface area contributed by atoms with E-state index in [1.54, 1.807) is 26.0 Å². The Morgan fingerprint density at radius 3 is 2.55 bits per heavy atom. The Labute approximate surface area is 232 Å². The molecule has 0 radical (unpaired) electrons. The van der Waals surface area contributed by atoms with Crippen LogP contribution in [-0.2, 0) is 38.0 Å². The van der Waals surface area contributed by atoms with Crippen LogP contribution in [0.25, 0.3) is 0 Å². The Balaban J connectivity index is 1.38. The van der Waals surface area contributed by atoms with E-state index >= 15 is 0 Å². The quantitative estimate of drug-likeness (QED) is 0.232. The maximum atomic E-state index is 13.3. The fraction of sp³-hybridized carbons (Fsp3) is 0.724. The molecule has 2 aliphatic carbocycles. The second-order valence-corrected chi connectivity index (χ2v) is 12.5. The van der Waals surface area contributed by atoms with Crippen molar-refractivity contribution < 1.29 is 53.3 Å². The zero-order valence-corrected chi connectivity index (χ0v) is 23.1. The fourth-order valence-electron chi connectivity index (χ4n) is 7.38. The topological polar surface area (TPSA) is 157 Å². The van der Waals surface area contributed by atoms with Crippen LogP contribution in [0.3, 0.4) is 0 Å². The summed E-state index contributed by atoms with van der Waals surface area (Å²) in [5.41, 5.74) is -3.03. The first-order chi connectivity index (χ1) is 18.9. The number of ether oxygens (including phenoxy) is 6. The highest BCUT2D eigenvalue weighted by atomic mass is 16.7. The van der Waals surface area contributed by atoms with Gasteiger partial charge >= 0.3 is 11.9 Å². The number of allylic oxidation sites excluding steroid dienone is 2. The molecule has 220 valence electrons. The molecule has 11 nitrogen and oxygen atoms in total. The lowest BCUT2D eigenvalue weighted by molar-refractivity contribution is -0.239. The van der Waals surface area contributed by atoms with Gasteiger partial charge in [-0.1, -0.05) is 31.2 Å². The average Bonchev–Trinajstić information content (AvgIpc) is 3.81. The second-order valence-electron chi connectivity index (χ2n) is 12.5. The number of fused-ring (bicyclic) bond motifs is 1. The molecule has 2 bridgehead atoms. The van der Waals surface area contributed by atoms with Gasteiger partial charge in [0.1, 0.15) is 36.1 Å². The number of hydrogen-bond acceptors (Lipinski definition) is 11. The molecule has 0 unspecified atom stereocenters. The van der Waals surface area contributed by atoms with Crippen LogP contribution in [0.4, 0.5) is 0 Å². The molecule has 3 N–H and O–H groups in total. The SMILES string of the molecule is CC1=C[C@H]2O[C@@H]3C[C@H]4OC(=O)/C=C\C=C/[C@H]([C@@H](C)O)OC[C@H](O)[C@@]5(C)O[C@@H]5C(=O)OC[C@@]2(C[C@H]1O)[C@]4(C)[C@@]31CO1. The number of epoxide rings is 2. The van der Waals surface area contributed by atoms with E-state index in [-0.39, 0.29) is 25.7 Å². The van der Waals surface area contributed by atoms with Crippen molar-refractivity contribution in [1.82, 2.24) is 0 Å². The molecule has 6 rings (SSSR count). The van der Waals surface area contributed by atoms with Crippen LogP contribution in [0, 0.1) is 10.8 Å². The lowest BCUT2D eigenvalue weighted by Gasteiger charge is -2.58. The van der Waals surface area contributed by atoms with Crippen LogP contribution in [0.1, 0.15) is 40.5 Å². The molecule has 11 heteroatoms. The van der Waals surface area contributed by atoms with Crippen LogP contribution in [0.2, 0.25) is 0 Å². The average molecular weight is 563 g/mol. The highest BCUT2D eigenvalue weighted by Gasteiger charge is 2.83. The lowest BCUT2D eigenvalue weighted by atomic mass is 9.51. The first kappa shape index (κ1) is 28.0. The van der Waals surface area contributed by atoms with Gasteiger partial charge in [-0.3, -0.25) is 0 Å². The summed E-state index contributed by atoms with van der Waals surface area (Å²) in [6.45, 7) is 7.03. The molecule has 0 aromatic rings. The van der Waals surface area contributed by atoms with Gasteiger partial charge in [0.2, 0.25) is 0 Å². The van der Waals surface area contributed by atoms with E-state index in [1.165, 1.54) is 12.2 Å². The first-order valence-corrected chi connectivity index (χ1v) is 13.9. The first-order valence-electron chi connectivity index (χ1n) is 13.9. The molecule has 4 heterocycles. The molecule has 40 heavy (non-hydrogen) atoms. The van der Waals surface area contributed by atoms with Crippen molar-refractivity contribution in [2.75, 3.05) is 19.8 Å². The van der Waals surface area contributed by atoms with Crippen molar-refractivity contribution in [3.63, 3.8) is 0 Å². The van der Waals surface area contributed by atoms with E-state index < -0.39 is 76.7 Å². The van der Waals surface area contributed by atoms with E-state index in [1.807, 2.05) is 19.9 Å². The summed E-state index contributed by atoms with van der Waals surface area (Å²) in [6.07, 6.45) is 2.24. The van der Waals surface area contributed by atoms with Gasteiger partial charge < -0.3 is 43.7 Å². The normalized spacial score (nSPS) is 52.6. The summed E-state index contributed by atoms with van der Waals surface area (Å²) >= 11 is 0. The van der Waals surface area contributed by atoms with Gasteiger partial charge in [-0.15, -0.1) is 0 Å². The summed E-state index contributed by atoms with van der Waals surface area (Å²) in [7, 11) is 0. The molecule has 1 saturated carbocycles. The molecular weight excluding hydrogens is 524 g/mol. The van der Waals surface area contributed by atoms with E-state index in [0.29, 0.717) is 13.0 Å². The fourth-order valence-corrected chi connectivity index (χ4v) is 7.38. The summed E-state index contributed by atoms with van der Waals surface area (Å²) in [6, 6.07) is 0. The van der Waals surface area contributed by atoms with Crippen molar-refractivity contribution in [3.05, 3.63) is 36.0 Å². The maximum Gasteiger partial charge on any atom is 0.338 e. The smallest absolute Gasteiger partial charge is 0.338 e. The molecule has 0 aromatic carbocycles. The van der Waals surface area contributed by atoms with Crippen molar-refractivity contribution in [2.45, 2.75) is 101 Å². The maximum absolute atomic E-state index is 13.3. The molecular formula is C29H38O11. The Morgan fingerprint density at radius 2 is 1.85 bits per heavy atom. The predicted octanol–water partition coefficient (Wildman–Crippen LogP) is 0.496. The van der Waals surface area contributed by atoms with Gasteiger partial charge in [0.25, 0.3) is 0 Å². The van der Waals surface area contributed by atoms with Crippen LogP contribution in [0.15, 0.2) is 36.0 Å². The summed E-state index contributed by atoms with van der Waals surface area (Å²) in [5.74, 6) is -1.23. The molecule has 12 atom stereocenters. The van der Waals surface area contributed by atoms with Crippen molar-refractivity contribution in [3.8, 4) is 0 Å². The van der Waals surface area contributed by atoms with Gasteiger partial charge in [0.05, 0.1) is 43.0 Å². The third-order valence-electron chi connectivity index (χ3n) is 10.3. The van der Waals surface area contributed by atoms with Crippen molar-refractivity contribution in [1.29, 1.82) is 0 Å². The largest absolute Gasteiger partial charge is 0.463 e. The van der Waals surface area contributed by atoms with Gasteiger partial charge in [0.15, 0.2) is 6.10 Å². The number of rotatable bonds is 1. The Kier molecular flexibility index (Phi) is 6.62. The zero-order valence-electron chi connectivity index (χ0n) is 23.1. The van der Waals surface area contributed by atoms with Crippen LogP contribution in [-0.4, -0.2) is 107 Å². The molecule has 4 aliphatic heterocycles. The lowest BCUT2D eigenvalue weighted by Crippen LogP contribution is -2.68. The van der Waals surface area contributed by atoms with Crippen LogP contribution < -0.4 is 0 Å². The number of hydrogen-bond donors (Lipinski definition) is 3. The minimum atomic E-state index is -1.22. The second kappa shape index (κ2) is 9.45. The number of carbonyl (C=O) groups excluding carboxylic acids is 2. The van der Waals surface area contributed by atoms with Gasteiger partial charge in [0, 0.05) is 17.9 Å². The molecule has 3 saturated heterocycles. The van der Waals surface area contributed by atoms with Gasteiger partial charge in [-0.2, -0.15) is 0 Å². The predicted molar refractivity (Wildman–Crippen MR) is 137 cm³/mol. The van der Waals surface area contributed by atoms with E-state index in [0.717, 1.165) is 5.57 Å². The molecule has 0 amide bonds. The van der Waals surface area contributed by atoms with Crippen LogP contribution in [0.5, 0.6) is 0 Å². The molecule has 6 aliphatic rings. The highest BCUT2D eigenvalue weighted by molar-refractivity contribution is 5.82. The summed E-state index contributed by atoms with van der Waals surface area (Å²) < 4.78 is 35.9. The molecule has 0 aromatic heterocycles. The van der Waals surface area contributed by atoms with Gasteiger partial charge in [-0.25, -0.2) is 9.59 Å². The number of esters is 2. The third-order valence-corrected chi connectivity index (χ3v) is 10.3.